The second kappa shape index (κ2) is 7.37. The standard InChI is InChI=1S/C18H29N/c1-7-18(16(6)19-13(2)3)15(5)12-17-10-8-14(4)9-11-17/h7,14,17,19H,1-2,6,8-12H2,3-5H3/b18-15+. The summed E-state index contributed by atoms with van der Waals surface area (Å²) in [6.07, 6.45) is 8.58. The Kier molecular flexibility index (Phi) is 6.14. The number of rotatable bonds is 6. The van der Waals surface area contributed by atoms with E-state index >= 15 is 0 Å². The molecule has 1 aliphatic rings. The van der Waals surface area contributed by atoms with Crippen LogP contribution in [-0.2, 0) is 0 Å². The molecule has 0 aromatic heterocycles. The Labute approximate surface area is 119 Å². The Morgan fingerprint density at radius 2 is 1.74 bits per heavy atom. The van der Waals surface area contributed by atoms with Crippen LogP contribution < -0.4 is 5.32 Å². The van der Waals surface area contributed by atoms with E-state index in [2.05, 4.69) is 38.9 Å². The van der Waals surface area contributed by atoms with Crippen molar-refractivity contribution in [1.82, 2.24) is 5.32 Å². The van der Waals surface area contributed by atoms with Crippen LogP contribution in [0.15, 0.2) is 48.4 Å². The van der Waals surface area contributed by atoms with Crippen LogP contribution in [0.3, 0.4) is 0 Å². The van der Waals surface area contributed by atoms with Crippen molar-refractivity contribution in [3.63, 3.8) is 0 Å². The van der Waals surface area contributed by atoms with E-state index in [0.717, 1.165) is 28.8 Å². The first kappa shape index (κ1) is 15.8. The molecule has 0 unspecified atom stereocenters. The number of hydrogen-bond donors (Lipinski definition) is 1. The van der Waals surface area contributed by atoms with Crippen molar-refractivity contribution in [2.24, 2.45) is 11.8 Å². The summed E-state index contributed by atoms with van der Waals surface area (Å²) in [5.41, 5.74) is 4.39. The third-order valence-electron chi connectivity index (χ3n) is 4.08. The van der Waals surface area contributed by atoms with Crippen LogP contribution >= 0.6 is 0 Å². The van der Waals surface area contributed by atoms with E-state index in [-0.39, 0.29) is 0 Å². The Morgan fingerprint density at radius 3 is 2.21 bits per heavy atom. The van der Waals surface area contributed by atoms with Gasteiger partial charge in [0.1, 0.15) is 0 Å². The summed E-state index contributed by atoms with van der Waals surface area (Å²) in [7, 11) is 0. The zero-order chi connectivity index (χ0) is 14.4. The van der Waals surface area contributed by atoms with Gasteiger partial charge in [0, 0.05) is 11.4 Å². The maximum absolute atomic E-state index is 4.09. The first-order chi connectivity index (χ1) is 8.93. The van der Waals surface area contributed by atoms with E-state index < -0.39 is 0 Å². The molecule has 0 aromatic carbocycles. The van der Waals surface area contributed by atoms with Gasteiger partial charge in [-0.25, -0.2) is 0 Å². The van der Waals surface area contributed by atoms with E-state index in [1.54, 1.807) is 0 Å². The van der Waals surface area contributed by atoms with Crippen LogP contribution in [-0.4, -0.2) is 0 Å². The molecule has 1 aliphatic carbocycles. The molecule has 0 spiro atoms. The third-order valence-corrected chi connectivity index (χ3v) is 4.08. The first-order valence-electron chi connectivity index (χ1n) is 7.38. The Hall–Kier alpha value is -1.24. The lowest BCUT2D eigenvalue weighted by atomic mass is 9.79. The lowest BCUT2D eigenvalue weighted by molar-refractivity contribution is 0.288. The van der Waals surface area contributed by atoms with Crippen molar-refractivity contribution in [3.8, 4) is 0 Å². The van der Waals surface area contributed by atoms with Gasteiger partial charge in [-0.1, -0.05) is 51.2 Å². The summed E-state index contributed by atoms with van der Waals surface area (Å²) in [6.45, 7) is 18.4. The summed E-state index contributed by atoms with van der Waals surface area (Å²) in [4.78, 5) is 0. The molecule has 19 heavy (non-hydrogen) atoms. The van der Waals surface area contributed by atoms with E-state index in [1.807, 2.05) is 13.0 Å². The number of nitrogens with one attached hydrogen (secondary N) is 1. The van der Waals surface area contributed by atoms with Gasteiger partial charge in [-0.2, -0.15) is 0 Å². The quantitative estimate of drug-likeness (QED) is 0.635. The van der Waals surface area contributed by atoms with Gasteiger partial charge in [-0.15, -0.1) is 0 Å². The number of allylic oxidation sites excluding steroid dienone is 3. The number of hydrogen-bond acceptors (Lipinski definition) is 1. The van der Waals surface area contributed by atoms with E-state index in [4.69, 9.17) is 0 Å². The van der Waals surface area contributed by atoms with Crippen LogP contribution in [0, 0.1) is 11.8 Å². The Bertz CT molecular complexity index is 378. The topological polar surface area (TPSA) is 12.0 Å². The highest BCUT2D eigenvalue weighted by molar-refractivity contribution is 5.40. The summed E-state index contributed by atoms with van der Waals surface area (Å²) in [6, 6.07) is 0. The monoisotopic (exact) mass is 259 g/mol. The van der Waals surface area contributed by atoms with Gasteiger partial charge in [-0.05, 0) is 50.5 Å². The third kappa shape index (κ3) is 5.10. The second-order valence-corrected chi connectivity index (χ2v) is 6.11. The summed E-state index contributed by atoms with van der Waals surface area (Å²) in [5.74, 6) is 1.75. The average molecular weight is 259 g/mol. The average Bonchev–Trinajstić information content (AvgIpc) is 2.32. The molecule has 1 nitrogen and oxygen atoms in total. The largest absolute Gasteiger partial charge is 0.360 e. The molecule has 106 valence electrons. The molecule has 0 bridgehead atoms. The van der Waals surface area contributed by atoms with Crippen molar-refractivity contribution in [2.75, 3.05) is 0 Å². The predicted octanol–water partition coefficient (Wildman–Crippen LogP) is 5.34. The molecule has 0 aliphatic heterocycles. The van der Waals surface area contributed by atoms with Crippen molar-refractivity contribution < 1.29 is 0 Å². The van der Waals surface area contributed by atoms with Crippen molar-refractivity contribution in [3.05, 3.63) is 48.4 Å². The van der Waals surface area contributed by atoms with Crippen LogP contribution in [0.2, 0.25) is 0 Å². The van der Waals surface area contributed by atoms with E-state index in [1.165, 1.54) is 37.7 Å². The van der Waals surface area contributed by atoms with Gasteiger partial charge in [0.05, 0.1) is 0 Å². The van der Waals surface area contributed by atoms with Crippen molar-refractivity contribution in [1.29, 1.82) is 0 Å². The lowest BCUT2D eigenvalue weighted by Crippen LogP contribution is -2.14. The van der Waals surface area contributed by atoms with Crippen LogP contribution in [0.5, 0.6) is 0 Å². The van der Waals surface area contributed by atoms with Gasteiger partial charge < -0.3 is 5.32 Å². The summed E-state index contributed by atoms with van der Waals surface area (Å²) >= 11 is 0. The SMILES string of the molecule is C=C/C(C(=C)NC(=C)C)=C(/C)CC1CCC(C)CC1. The van der Waals surface area contributed by atoms with Gasteiger partial charge in [0.15, 0.2) is 0 Å². The maximum Gasteiger partial charge on any atom is 0.0381 e. The van der Waals surface area contributed by atoms with Gasteiger partial charge in [0.25, 0.3) is 0 Å². The predicted molar refractivity (Wildman–Crippen MR) is 85.7 cm³/mol. The molecule has 0 radical (unpaired) electrons. The molecule has 1 fully saturated rings. The molecule has 1 saturated carbocycles. The molecule has 0 saturated heterocycles. The van der Waals surface area contributed by atoms with Crippen LogP contribution in [0.1, 0.15) is 52.9 Å². The molecule has 1 heteroatoms. The van der Waals surface area contributed by atoms with E-state index in [0.29, 0.717) is 0 Å². The molecular formula is C18H29N. The smallest absolute Gasteiger partial charge is 0.0381 e. The normalized spacial score (nSPS) is 24.4. The fourth-order valence-corrected chi connectivity index (χ4v) is 2.96. The molecule has 1 rings (SSSR count). The first-order valence-corrected chi connectivity index (χ1v) is 7.38. The summed E-state index contributed by atoms with van der Waals surface area (Å²) < 4.78 is 0. The van der Waals surface area contributed by atoms with Crippen LogP contribution in [0.4, 0.5) is 0 Å². The molecule has 0 heterocycles. The zero-order valence-electron chi connectivity index (χ0n) is 12.9. The van der Waals surface area contributed by atoms with Crippen molar-refractivity contribution in [2.45, 2.75) is 52.9 Å². The van der Waals surface area contributed by atoms with Crippen LogP contribution in [0.25, 0.3) is 0 Å². The molecule has 0 amide bonds. The van der Waals surface area contributed by atoms with Crippen molar-refractivity contribution >= 4 is 0 Å². The molecular weight excluding hydrogens is 230 g/mol. The van der Waals surface area contributed by atoms with E-state index in [9.17, 15) is 0 Å². The highest BCUT2D eigenvalue weighted by Gasteiger charge is 2.19. The summed E-state index contributed by atoms with van der Waals surface area (Å²) in [5, 5.41) is 3.20. The highest BCUT2D eigenvalue weighted by atomic mass is 14.9. The fourth-order valence-electron chi connectivity index (χ4n) is 2.96. The minimum Gasteiger partial charge on any atom is -0.360 e. The maximum atomic E-state index is 4.09. The Morgan fingerprint density at radius 1 is 1.16 bits per heavy atom. The fraction of sp³-hybridized carbons (Fsp3) is 0.556. The molecule has 0 aromatic rings. The van der Waals surface area contributed by atoms with Gasteiger partial charge in [-0.3, -0.25) is 0 Å². The zero-order valence-corrected chi connectivity index (χ0v) is 12.9. The lowest BCUT2D eigenvalue weighted by Gasteiger charge is -2.27. The minimum absolute atomic E-state index is 0.837. The minimum atomic E-state index is 0.837. The molecule has 0 atom stereocenters. The Balaban J connectivity index is 2.67. The van der Waals surface area contributed by atoms with Gasteiger partial charge in [0.2, 0.25) is 0 Å². The second-order valence-electron chi connectivity index (χ2n) is 6.11. The highest BCUT2D eigenvalue weighted by Crippen LogP contribution is 2.33. The van der Waals surface area contributed by atoms with Gasteiger partial charge >= 0.3 is 0 Å². The molecule has 1 N–H and O–H groups in total.